The molecule has 1 aromatic carbocycles. The lowest BCUT2D eigenvalue weighted by molar-refractivity contribution is 0.0947. The number of pyridine rings is 1. The van der Waals surface area contributed by atoms with E-state index in [0.29, 0.717) is 30.5 Å². The first-order valence-electron chi connectivity index (χ1n) is 8.64. The largest absolute Gasteiger partial charge is 0.490 e. The third kappa shape index (κ3) is 5.43. The number of nitrogens with one attached hydrogen (secondary N) is 2. The lowest BCUT2D eigenvalue weighted by atomic mass is 10.2. The maximum absolute atomic E-state index is 11.9. The molecular formula is C20H23N3O2. The van der Waals surface area contributed by atoms with Gasteiger partial charge in [-0.3, -0.25) is 9.78 Å². The molecule has 130 valence electrons. The molecule has 0 saturated carbocycles. The van der Waals surface area contributed by atoms with Crippen molar-refractivity contribution in [3.05, 3.63) is 66.0 Å². The van der Waals surface area contributed by atoms with E-state index in [1.165, 1.54) is 12.8 Å². The van der Waals surface area contributed by atoms with Crippen LogP contribution in [0.1, 0.15) is 28.8 Å². The Morgan fingerprint density at radius 1 is 1.32 bits per heavy atom. The number of amides is 1. The zero-order chi connectivity index (χ0) is 17.3. The van der Waals surface area contributed by atoms with Crippen molar-refractivity contribution in [2.24, 2.45) is 0 Å². The van der Waals surface area contributed by atoms with Gasteiger partial charge >= 0.3 is 0 Å². The van der Waals surface area contributed by atoms with Gasteiger partial charge in [-0.15, -0.1) is 0 Å². The van der Waals surface area contributed by atoms with Gasteiger partial charge in [-0.25, -0.2) is 0 Å². The highest BCUT2D eigenvalue weighted by Crippen LogP contribution is 2.14. The van der Waals surface area contributed by atoms with Gasteiger partial charge in [0, 0.05) is 17.8 Å². The van der Waals surface area contributed by atoms with Crippen molar-refractivity contribution in [3.63, 3.8) is 0 Å². The molecular weight excluding hydrogens is 314 g/mol. The average Bonchev–Trinajstić information content (AvgIpc) is 3.18. The number of rotatable bonds is 7. The zero-order valence-electron chi connectivity index (χ0n) is 14.2. The SMILES string of the molecule is O=C(NCCOc1cncc(C=C[C@H]2CCCN2)c1)c1ccccc1. The van der Waals surface area contributed by atoms with Gasteiger partial charge in [-0.05, 0) is 43.1 Å². The summed E-state index contributed by atoms with van der Waals surface area (Å²) in [5.74, 6) is 0.610. The van der Waals surface area contributed by atoms with Crippen LogP contribution in [-0.4, -0.2) is 36.6 Å². The molecule has 2 N–H and O–H groups in total. The molecule has 0 radical (unpaired) electrons. The van der Waals surface area contributed by atoms with Crippen LogP contribution in [0, 0.1) is 0 Å². The third-order valence-corrected chi connectivity index (χ3v) is 4.05. The van der Waals surface area contributed by atoms with E-state index in [1.54, 1.807) is 18.3 Å². The van der Waals surface area contributed by atoms with E-state index in [-0.39, 0.29) is 5.91 Å². The van der Waals surface area contributed by atoms with E-state index in [1.807, 2.05) is 30.5 Å². The highest BCUT2D eigenvalue weighted by atomic mass is 16.5. The summed E-state index contributed by atoms with van der Waals surface area (Å²) in [5.41, 5.74) is 1.66. The fourth-order valence-electron chi connectivity index (χ4n) is 2.73. The first-order valence-corrected chi connectivity index (χ1v) is 8.64. The first kappa shape index (κ1) is 17.2. The van der Waals surface area contributed by atoms with Crippen LogP contribution in [0.3, 0.4) is 0 Å². The molecule has 2 heterocycles. The van der Waals surface area contributed by atoms with Crippen LogP contribution in [0.4, 0.5) is 0 Å². The smallest absolute Gasteiger partial charge is 0.251 e. The standard InChI is InChI=1S/C20H23N3O2/c24-20(17-5-2-1-3-6-17)23-11-12-25-19-13-16(14-21-15-19)8-9-18-7-4-10-22-18/h1-3,5-6,8-9,13-15,18,22H,4,7,10-12H2,(H,23,24)/t18-/m1/s1. The number of ether oxygens (including phenoxy) is 1. The molecule has 1 atom stereocenters. The van der Waals surface area contributed by atoms with Gasteiger partial charge in [-0.2, -0.15) is 0 Å². The van der Waals surface area contributed by atoms with Gasteiger partial charge in [0.25, 0.3) is 5.91 Å². The van der Waals surface area contributed by atoms with Crippen molar-refractivity contribution in [2.75, 3.05) is 19.7 Å². The normalized spacial score (nSPS) is 16.9. The Bertz CT molecular complexity index is 710. The van der Waals surface area contributed by atoms with E-state index in [0.717, 1.165) is 12.1 Å². The minimum absolute atomic E-state index is 0.0944. The molecule has 5 heteroatoms. The molecule has 1 amide bonds. The average molecular weight is 337 g/mol. The minimum Gasteiger partial charge on any atom is -0.490 e. The molecule has 0 spiro atoms. The van der Waals surface area contributed by atoms with Crippen LogP contribution < -0.4 is 15.4 Å². The molecule has 2 aromatic rings. The second kappa shape index (κ2) is 8.99. The van der Waals surface area contributed by atoms with Gasteiger partial charge in [-0.1, -0.05) is 30.4 Å². The number of carbonyl (C=O) groups excluding carboxylic acids is 1. The van der Waals surface area contributed by atoms with Gasteiger partial charge in [0.2, 0.25) is 0 Å². The van der Waals surface area contributed by atoms with E-state index >= 15 is 0 Å². The fraction of sp³-hybridized carbons (Fsp3) is 0.300. The summed E-state index contributed by atoms with van der Waals surface area (Å²) in [4.78, 5) is 16.1. The molecule has 5 nitrogen and oxygen atoms in total. The summed E-state index contributed by atoms with van der Waals surface area (Å²) in [6.07, 6.45) is 10.2. The van der Waals surface area contributed by atoms with Gasteiger partial charge in [0.1, 0.15) is 12.4 Å². The number of hydrogen-bond donors (Lipinski definition) is 2. The lowest BCUT2D eigenvalue weighted by Crippen LogP contribution is -2.28. The second-order valence-electron chi connectivity index (χ2n) is 5.99. The maximum atomic E-state index is 11.9. The van der Waals surface area contributed by atoms with Crippen molar-refractivity contribution in [2.45, 2.75) is 18.9 Å². The summed E-state index contributed by atoms with van der Waals surface area (Å²) in [6, 6.07) is 11.6. The monoisotopic (exact) mass is 337 g/mol. The molecule has 3 rings (SSSR count). The Balaban J connectivity index is 1.43. The van der Waals surface area contributed by atoms with Crippen LogP contribution in [0.5, 0.6) is 5.75 Å². The minimum atomic E-state index is -0.0944. The van der Waals surface area contributed by atoms with Crippen molar-refractivity contribution in [1.82, 2.24) is 15.6 Å². The van der Waals surface area contributed by atoms with Gasteiger partial charge in [0.05, 0.1) is 12.7 Å². The first-order chi connectivity index (χ1) is 12.3. The number of carbonyl (C=O) groups is 1. The fourth-order valence-corrected chi connectivity index (χ4v) is 2.73. The molecule has 1 saturated heterocycles. The van der Waals surface area contributed by atoms with Crippen LogP contribution in [0.2, 0.25) is 0 Å². The lowest BCUT2D eigenvalue weighted by Gasteiger charge is -2.08. The Morgan fingerprint density at radius 2 is 2.20 bits per heavy atom. The van der Waals surface area contributed by atoms with Crippen molar-refractivity contribution < 1.29 is 9.53 Å². The number of aromatic nitrogens is 1. The predicted molar refractivity (Wildman–Crippen MR) is 98.6 cm³/mol. The Hall–Kier alpha value is -2.66. The predicted octanol–water partition coefficient (Wildman–Crippen LogP) is 2.66. The van der Waals surface area contributed by atoms with E-state index in [9.17, 15) is 4.79 Å². The van der Waals surface area contributed by atoms with Crippen molar-refractivity contribution in [3.8, 4) is 5.75 Å². The highest BCUT2D eigenvalue weighted by Gasteiger charge is 2.09. The quantitative estimate of drug-likeness (QED) is 0.763. The molecule has 25 heavy (non-hydrogen) atoms. The Labute approximate surface area is 148 Å². The molecule has 1 aliphatic heterocycles. The summed E-state index contributed by atoms with van der Waals surface area (Å²) in [7, 11) is 0. The molecule has 1 fully saturated rings. The van der Waals surface area contributed by atoms with E-state index in [2.05, 4.69) is 27.8 Å². The number of benzene rings is 1. The summed E-state index contributed by atoms with van der Waals surface area (Å²) in [5, 5.41) is 6.27. The van der Waals surface area contributed by atoms with E-state index < -0.39 is 0 Å². The maximum Gasteiger partial charge on any atom is 0.251 e. The number of hydrogen-bond acceptors (Lipinski definition) is 4. The summed E-state index contributed by atoms with van der Waals surface area (Å²) in [6.45, 7) is 1.93. The third-order valence-electron chi connectivity index (χ3n) is 4.05. The molecule has 1 aromatic heterocycles. The van der Waals surface area contributed by atoms with Gasteiger partial charge in [0.15, 0.2) is 0 Å². The Kier molecular flexibility index (Phi) is 6.17. The van der Waals surface area contributed by atoms with Crippen LogP contribution in [0.15, 0.2) is 54.9 Å². The molecule has 0 aliphatic carbocycles. The zero-order valence-corrected chi connectivity index (χ0v) is 14.2. The van der Waals surface area contributed by atoms with Gasteiger partial charge < -0.3 is 15.4 Å². The van der Waals surface area contributed by atoms with Crippen molar-refractivity contribution in [1.29, 1.82) is 0 Å². The second-order valence-corrected chi connectivity index (χ2v) is 5.99. The molecule has 0 bridgehead atoms. The Morgan fingerprint density at radius 3 is 3.00 bits per heavy atom. The highest BCUT2D eigenvalue weighted by molar-refractivity contribution is 5.94. The summed E-state index contributed by atoms with van der Waals surface area (Å²) < 4.78 is 5.68. The van der Waals surface area contributed by atoms with Crippen LogP contribution in [-0.2, 0) is 0 Å². The van der Waals surface area contributed by atoms with E-state index in [4.69, 9.17) is 4.74 Å². The summed E-state index contributed by atoms with van der Waals surface area (Å²) >= 11 is 0. The number of nitrogens with zero attached hydrogens (tertiary/aromatic N) is 1. The molecule has 0 unspecified atom stereocenters. The molecule has 1 aliphatic rings. The van der Waals surface area contributed by atoms with Crippen LogP contribution >= 0.6 is 0 Å². The van der Waals surface area contributed by atoms with Crippen molar-refractivity contribution >= 4 is 12.0 Å². The van der Waals surface area contributed by atoms with Crippen LogP contribution in [0.25, 0.3) is 6.08 Å². The topological polar surface area (TPSA) is 63.2 Å².